The number of benzene rings is 1. The van der Waals surface area contributed by atoms with E-state index in [2.05, 4.69) is 4.98 Å². The highest BCUT2D eigenvalue weighted by Gasteiger charge is 2.30. The Hall–Kier alpha value is -2.04. The maximum absolute atomic E-state index is 12.6. The van der Waals surface area contributed by atoms with Crippen molar-refractivity contribution in [1.29, 1.82) is 0 Å². The molecule has 0 aliphatic carbocycles. The van der Waals surface area contributed by atoms with Crippen LogP contribution in [0.25, 0.3) is 11.3 Å². The van der Waals surface area contributed by atoms with Gasteiger partial charge in [-0.25, -0.2) is 0 Å². The zero-order chi connectivity index (χ0) is 14.2. The normalized spacial score (nSPS) is 11.6. The highest BCUT2D eigenvalue weighted by atomic mass is 19.4. The number of nitrogen functional groups attached to an aromatic ring is 1. The van der Waals surface area contributed by atoms with Gasteiger partial charge in [0.2, 0.25) is 0 Å². The molecule has 2 aromatic rings. The Balaban J connectivity index is 2.52. The molecule has 0 saturated carbocycles. The van der Waals surface area contributed by atoms with Crippen LogP contribution in [0.15, 0.2) is 30.5 Å². The Bertz CT molecular complexity index is 619. The number of hydrogen-bond donors (Lipinski definition) is 1. The van der Waals surface area contributed by atoms with E-state index >= 15 is 0 Å². The molecule has 0 spiro atoms. The molecule has 5 heteroatoms. The molecule has 1 heterocycles. The zero-order valence-corrected chi connectivity index (χ0v) is 10.5. The average Bonchev–Trinajstić information content (AvgIpc) is 2.28. The fraction of sp³-hybridized carbons (Fsp3) is 0.214. The minimum atomic E-state index is -4.34. The number of nitrogens with two attached hydrogens (primary N) is 1. The van der Waals surface area contributed by atoms with Crippen LogP contribution in [-0.2, 0) is 6.18 Å². The first-order valence-corrected chi connectivity index (χ1v) is 5.69. The van der Waals surface area contributed by atoms with E-state index in [4.69, 9.17) is 5.73 Å². The van der Waals surface area contributed by atoms with E-state index in [1.165, 1.54) is 6.07 Å². The monoisotopic (exact) mass is 266 g/mol. The van der Waals surface area contributed by atoms with Gasteiger partial charge in [-0.3, -0.25) is 4.98 Å². The number of rotatable bonds is 1. The molecule has 0 radical (unpaired) electrons. The van der Waals surface area contributed by atoms with Crippen molar-refractivity contribution in [2.75, 3.05) is 5.73 Å². The molecule has 0 fully saturated rings. The first-order valence-electron chi connectivity index (χ1n) is 5.69. The Kier molecular flexibility index (Phi) is 3.22. The summed E-state index contributed by atoms with van der Waals surface area (Å²) in [6.45, 7) is 3.47. The third-order valence-corrected chi connectivity index (χ3v) is 2.86. The van der Waals surface area contributed by atoms with E-state index in [-0.39, 0.29) is 0 Å². The summed E-state index contributed by atoms with van der Waals surface area (Å²) in [7, 11) is 0. The molecule has 0 bridgehead atoms. The van der Waals surface area contributed by atoms with Gasteiger partial charge in [0.1, 0.15) is 0 Å². The fourth-order valence-electron chi connectivity index (χ4n) is 1.92. The third kappa shape index (κ3) is 2.70. The largest absolute Gasteiger partial charge is 0.416 e. The molecule has 2 nitrogen and oxygen atoms in total. The number of anilines is 1. The summed E-state index contributed by atoms with van der Waals surface area (Å²) < 4.78 is 37.8. The standard InChI is InChI=1S/C14H13F3N2/c1-8-5-12(18)13(19-7-8)11-4-3-10(6-9(11)2)14(15,16)17/h3-7H,18H2,1-2H3. The molecule has 19 heavy (non-hydrogen) atoms. The third-order valence-electron chi connectivity index (χ3n) is 2.86. The molecule has 0 aliphatic rings. The zero-order valence-electron chi connectivity index (χ0n) is 10.5. The van der Waals surface area contributed by atoms with Gasteiger partial charge in [0.15, 0.2) is 0 Å². The SMILES string of the molecule is Cc1cnc(-c2ccc(C(F)(F)F)cc2C)c(N)c1. The predicted octanol–water partition coefficient (Wildman–Crippen LogP) is 3.97. The molecular weight excluding hydrogens is 253 g/mol. The van der Waals surface area contributed by atoms with E-state index in [0.29, 0.717) is 22.5 Å². The second kappa shape index (κ2) is 4.57. The van der Waals surface area contributed by atoms with Crippen molar-refractivity contribution in [1.82, 2.24) is 4.98 Å². The first-order chi connectivity index (χ1) is 8.79. The second-order valence-electron chi connectivity index (χ2n) is 4.48. The van der Waals surface area contributed by atoms with Crippen molar-refractivity contribution in [3.63, 3.8) is 0 Å². The highest BCUT2D eigenvalue weighted by Crippen LogP contribution is 2.34. The summed E-state index contributed by atoms with van der Waals surface area (Å²) >= 11 is 0. The lowest BCUT2D eigenvalue weighted by Crippen LogP contribution is -2.05. The van der Waals surface area contributed by atoms with Crippen molar-refractivity contribution in [2.24, 2.45) is 0 Å². The van der Waals surface area contributed by atoms with Crippen LogP contribution in [0, 0.1) is 13.8 Å². The van der Waals surface area contributed by atoms with Crippen LogP contribution in [0.1, 0.15) is 16.7 Å². The number of aryl methyl sites for hydroxylation is 2. The quantitative estimate of drug-likeness (QED) is 0.848. The van der Waals surface area contributed by atoms with Gasteiger partial charge in [-0.15, -0.1) is 0 Å². The van der Waals surface area contributed by atoms with Crippen LogP contribution in [-0.4, -0.2) is 4.98 Å². The number of alkyl halides is 3. The molecule has 100 valence electrons. The molecule has 2 rings (SSSR count). The van der Waals surface area contributed by atoms with Crippen molar-refractivity contribution in [2.45, 2.75) is 20.0 Å². The Morgan fingerprint density at radius 3 is 2.32 bits per heavy atom. The van der Waals surface area contributed by atoms with Crippen LogP contribution < -0.4 is 5.73 Å². The number of aromatic nitrogens is 1. The summed E-state index contributed by atoms with van der Waals surface area (Å²) in [5.74, 6) is 0. The van der Waals surface area contributed by atoms with Crippen molar-refractivity contribution in [3.8, 4) is 11.3 Å². The molecule has 2 N–H and O–H groups in total. The highest BCUT2D eigenvalue weighted by molar-refractivity contribution is 5.75. The van der Waals surface area contributed by atoms with Crippen LogP contribution >= 0.6 is 0 Å². The number of nitrogens with zero attached hydrogens (tertiary/aromatic N) is 1. The van der Waals surface area contributed by atoms with Gasteiger partial charge in [-0.05, 0) is 43.2 Å². The molecule has 0 aliphatic heterocycles. The van der Waals surface area contributed by atoms with Crippen LogP contribution in [0.3, 0.4) is 0 Å². The number of hydrogen-bond acceptors (Lipinski definition) is 2. The maximum atomic E-state index is 12.6. The van der Waals surface area contributed by atoms with Crippen LogP contribution in [0.4, 0.5) is 18.9 Å². The van der Waals surface area contributed by atoms with Crippen LogP contribution in [0.2, 0.25) is 0 Å². The molecule has 0 saturated heterocycles. The molecule has 1 aromatic heterocycles. The van der Waals surface area contributed by atoms with Gasteiger partial charge in [-0.1, -0.05) is 6.07 Å². The van der Waals surface area contributed by atoms with E-state index in [1.807, 2.05) is 6.92 Å². The smallest absolute Gasteiger partial charge is 0.397 e. The van der Waals surface area contributed by atoms with Gasteiger partial charge in [0.25, 0.3) is 0 Å². The van der Waals surface area contributed by atoms with Gasteiger partial charge in [0, 0.05) is 11.8 Å². The molecule has 0 atom stereocenters. The minimum absolute atomic E-state index is 0.461. The van der Waals surface area contributed by atoms with E-state index in [9.17, 15) is 13.2 Å². The van der Waals surface area contributed by atoms with Crippen LogP contribution in [0.5, 0.6) is 0 Å². The topological polar surface area (TPSA) is 38.9 Å². The lowest BCUT2D eigenvalue weighted by Gasteiger charge is -2.12. The van der Waals surface area contributed by atoms with E-state index in [1.54, 1.807) is 19.2 Å². The lowest BCUT2D eigenvalue weighted by atomic mass is 10.0. The Labute approximate surface area is 109 Å². The predicted molar refractivity (Wildman–Crippen MR) is 68.6 cm³/mol. The van der Waals surface area contributed by atoms with Crippen molar-refractivity contribution >= 4 is 5.69 Å². The van der Waals surface area contributed by atoms with Gasteiger partial charge >= 0.3 is 6.18 Å². The number of halogens is 3. The molecule has 0 amide bonds. The fourth-order valence-corrected chi connectivity index (χ4v) is 1.92. The summed E-state index contributed by atoms with van der Waals surface area (Å²) in [4.78, 5) is 4.19. The summed E-state index contributed by atoms with van der Waals surface area (Å²) in [5.41, 5.74) is 8.19. The second-order valence-corrected chi connectivity index (χ2v) is 4.48. The van der Waals surface area contributed by atoms with Crippen molar-refractivity contribution in [3.05, 3.63) is 47.2 Å². The summed E-state index contributed by atoms with van der Waals surface area (Å²) in [5, 5.41) is 0. The van der Waals surface area contributed by atoms with Gasteiger partial charge in [-0.2, -0.15) is 13.2 Å². The minimum Gasteiger partial charge on any atom is -0.397 e. The molecule has 0 unspecified atom stereocenters. The van der Waals surface area contributed by atoms with E-state index in [0.717, 1.165) is 17.7 Å². The maximum Gasteiger partial charge on any atom is 0.416 e. The number of pyridine rings is 1. The van der Waals surface area contributed by atoms with Gasteiger partial charge in [0.05, 0.1) is 16.9 Å². The summed E-state index contributed by atoms with van der Waals surface area (Å²) in [6.07, 6.45) is -2.70. The average molecular weight is 266 g/mol. The van der Waals surface area contributed by atoms with E-state index < -0.39 is 11.7 Å². The van der Waals surface area contributed by atoms with Gasteiger partial charge < -0.3 is 5.73 Å². The Morgan fingerprint density at radius 2 is 1.79 bits per heavy atom. The lowest BCUT2D eigenvalue weighted by molar-refractivity contribution is -0.137. The Morgan fingerprint density at radius 1 is 1.11 bits per heavy atom. The molecular formula is C14H13F3N2. The molecule has 1 aromatic carbocycles. The van der Waals surface area contributed by atoms with Crippen molar-refractivity contribution < 1.29 is 13.2 Å². The summed E-state index contributed by atoms with van der Waals surface area (Å²) in [6, 6.07) is 5.31. The first kappa shape index (κ1) is 13.4.